The molecule has 2 nitrogen and oxygen atoms in total. The first-order chi connectivity index (χ1) is 9.74. The lowest BCUT2D eigenvalue weighted by Crippen LogP contribution is -1.94. The van der Waals surface area contributed by atoms with Gasteiger partial charge in [0.2, 0.25) is 0 Å². The molecule has 0 unspecified atom stereocenters. The molecule has 0 amide bonds. The lowest BCUT2D eigenvalue weighted by atomic mass is 10.2. The summed E-state index contributed by atoms with van der Waals surface area (Å²) in [6, 6.07) is 14.6. The smallest absolute Gasteiger partial charge is 0.127 e. The second-order valence-corrected chi connectivity index (χ2v) is 5.45. The zero-order chi connectivity index (χ0) is 13.9. The van der Waals surface area contributed by atoms with E-state index in [4.69, 9.17) is 0 Å². The first-order valence-corrected chi connectivity index (χ1v) is 7.32. The fourth-order valence-electron chi connectivity index (χ4n) is 1.97. The van der Waals surface area contributed by atoms with Crippen LogP contribution in [-0.2, 0) is 5.75 Å². The van der Waals surface area contributed by atoms with E-state index in [0.717, 1.165) is 21.8 Å². The number of rotatable bonds is 3. The Bertz CT molecular complexity index is 758. The molecule has 0 bridgehead atoms. The van der Waals surface area contributed by atoms with Gasteiger partial charge in [-0.25, -0.2) is 14.4 Å². The van der Waals surface area contributed by atoms with Crippen molar-refractivity contribution >= 4 is 22.8 Å². The van der Waals surface area contributed by atoms with Crippen LogP contribution in [0, 0.1) is 12.7 Å². The third kappa shape index (κ3) is 2.65. The van der Waals surface area contributed by atoms with Crippen molar-refractivity contribution in [3.63, 3.8) is 0 Å². The summed E-state index contributed by atoms with van der Waals surface area (Å²) in [5.74, 6) is 0.381. The van der Waals surface area contributed by atoms with Gasteiger partial charge in [-0.1, -0.05) is 42.1 Å². The van der Waals surface area contributed by atoms with E-state index < -0.39 is 0 Å². The molecule has 0 aliphatic rings. The largest absolute Gasteiger partial charge is 0.249 e. The van der Waals surface area contributed by atoms with Crippen LogP contribution in [0.1, 0.15) is 11.3 Å². The van der Waals surface area contributed by atoms with Crippen molar-refractivity contribution in [1.29, 1.82) is 0 Å². The molecule has 1 aromatic heterocycles. The Morgan fingerprint density at radius 2 is 1.60 bits per heavy atom. The third-order valence-corrected chi connectivity index (χ3v) is 4.14. The lowest BCUT2D eigenvalue weighted by molar-refractivity contribution is 0.617. The van der Waals surface area contributed by atoms with Gasteiger partial charge in [-0.15, -0.1) is 0 Å². The number of halogens is 1. The highest BCUT2D eigenvalue weighted by atomic mass is 32.2. The predicted molar refractivity (Wildman–Crippen MR) is 80.2 cm³/mol. The normalized spacial score (nSPS) is 10.9. The Hall–Kier alpha value is -1.94. The van der Waals surface area contributed by atoms with Crippen LogP contribution in [0.2, 0.25) is 0 Å². The van der Waals surface area contributed by atoms with Crippen LogP contribution in [0.25, 0.3) is 11.0 Å². The Morgan fingerprint density at radius 1 is 0.950 bits per heavy atom. The van der Waals surface area contributed by atoms with Crippen LogP contribution >= 0.6 is 11.8 Å². The Kier molecular flexibility index (Phi) is 3.65. The molecule has 3 aromatic rings. The Morgan fingerprint density at radius 3 is 2.35 bits per heavy atom. The number of para-hydroxylation sites is 2. The summed E-state index contributed by atoms with van der Waals surface area (Å²) in [5, 5.41) is 0.854. The zero-order valence-electron chi connectivity index (χ0n) is 11.0. The Labute approximate surface area is 121 Å². The molecule has 0 saturated carbocycles. The average Bonchev–Trinajstić information content (AvgIpc) is 2.46. The maximum absolute atomic E-state index is 13.6. The highest BCUT2D eigenvalue weighted by molar-refractivity contribution is 7.98. The second kappa shape index (κ2) is 5.59. The molecule has 0 fully saturated rings. The predicted octanol–water partition coefficient (Wildman–Crippen LogP) is 4.37. The maximum atomic E-state index is 13.6. The quantitative estimate of drug-likeness (QED) is 0.668. The molecule has 0 N–H and O–H groups in total. The van der Waals surface area contributed by atoms with E-state index in [1.54, 1.807) is 12.1 Å². The van der Waals surface area contributed by atoms with Gasteiger partial charge in [-0.3, -0.25) is 0 Å². The van der Waals surface area contributed by atoms with E-state index in [1.807, 2.05) is 37.3 Å². The van der Waals surface area contributed by atoms with E-state index in [-0.39, 0.29) is 5.82 Å². The van der Waals surface area contributed by atoms with Gasteiger partial charge in [0.1, 0.15) is 10.8 Å². The molecule has 2 aromatic carbocycles. The molecule has 3 rings (SSSR count). The fraction of sp³-hybridized carbons (Fsp3) is 0.125. The molecule has 1 heterocycles. The summed E-state index contributed by atoms with van der Waals surface area (Å²) in [4.78, 5) is 9.13. The van der Waals surface area contributed by atoms with E-state index >= 15 is 0 Å². The lowest BCUT2D eigenvalue weighted by Gasteiger charge is -2.06. The van der Waals surface area contributed by atoms with E-state index in [2.05, 4.69) is 9.97 Å². The second-order valence-electron chi connectivity index (χ2n) is 4.48. The molecule has 100 valence electrons. The number of thioether (sulfide) groups is 1. The van der Waals surface area contributed by atoms with E-state index in [9.17, 15) is 4.39 Å². The molecule has 0 aliphatic heterocycles. The first-order valence-electron chi connectivity index (χ1n) is 6.33. The van der Waals surface area contributed by atoms with Crippen molar-refractivity contribution in [2.45, 2.75) is 17.7 Å². The number of aryl methyl sites for hydroxylation is 1. The van der Waals surface area contributed by atoms with Crippen LogP contribution in [0.15, 0.2) is 53.6 Å². The van der Waals surface area contributed by atoms with Crippen LogP contribution < -0.4 is 0 Å². The van der Waals surface area contributed by atoms with Gasteiger partial charge in [0.05, 0.1) is 16.7 Å². The van der Waals surface area contributed by atoms with Gasteiger partial charge in [0.25, 0.3) is 0 Å². The number of nitrogens with zero attached hydrogens (tertiary/aromatic N) is 2. The van der Waals surface area contributed by atoms with Crippen molar-refractivity contribution in [1.82, 2.24) is 9.97 Å². The number of aromatic nitrogens is 2. The molecule has 0 aliphatic carbocycles. The number of benzene rings is 2. The molecular formula is C16H13FN2S. The minimum atomic E-state index is -0.175. The molecule has 0 radical (unpaired) electrons. The van der Waals surface area contributed by atoms with Gasteiger partial charge >= 0.3 is 0 Å². The summed E-state index contributed by atoms with van der Waals surface area (Å²) in [6.45, 7) is 1.93. The van der Waals surface area contributed by atoms with Gasteiger partial charge in [-0.05, 0) is 30.7 Å². The highest BCUT2D eigenvalue weighted by Crippen LogP contribution is 2.26. The summed E-state index contributed by atoms with van der Waals surface area (Å²) in [6.07, 6.45) is 0. The van der Waals surface area contributed by atoms with Crippen molar-refractivity contribution in [2.75, 3.05) is 0 Å². The number of hydrogen-bond acceptors (Lipinski definition) is 3. The maximum Gasteiger partial charge on any atom is 0.127 e. The van der Waals surface area contributed by atoms with Crippen molar-refractivity contribution in [3.05, 3.63) is 65.6 Å². The van der Waals surface area contributed by atoms with Crippen LogP contribution in [0.4, 0.5) is 4.39 Å². The number of fused-ring (bicyclic) bond motifs is 1. The van der Waals surface area contributed by atoms with Crippen molar-refractivity contribution < 1.29 is 4.39 Å². The van der Waals surface area contributed by atoms with Crippen molar-refractivity contribution in [3.8, 4) is 0 Å². The van der Waals surface area contributed by atoms with Crippen LogP contribution in [0.5, 0.6) is 0 Å². The van der Waals surface area contributed by atoms with Gasteiger partial charge in [-0.2, -0.15) is 0 Å². The SMILES string of the molecule is Cc1nc2ccccc2nc1SCc1ccccc1F. The van der Waals surface area contributed by atoms with Gasteiger partial charge < -0.3 is 0 Å². The Balaban J connectivity index is 1.87. The molecule has 20 heavy (non-hydrogen) atoms. The monoisotopic (exact) mass is 284 g/mol. The summed E-state index contributed by atoms with van der Waals surface area (Å²) >= 11 is 1.52. The molecule has 0 atom stereocenters. The standard InChI is InChI=1S/C16H13FN2S/c1-11-16(19-15-9-5-4-8-14(15)18-11)20-10-12-6-2-3-7-13(12)17/h2-9H,10H2,1H3. The average molecular weight is 284 g/mol. The summed E-state index contributed by atoms with van der Waals surface area (Å²) in [5.41, 5.74) is 3.33. The first kappa shape index (κ1) is 13.1. The summed E-state index contributed by atoms with van der Waals surface area (Å²) < 4.78 is 13.6. The molecule has 0 spiro atoms. The van der Waals surface area contributed by atoms with E-state index in [1.165, 1.54) is 17.8 Å². The topological polar surface area (TPSA) is 25.8 Å². The zero-order valence-corrected chi connectivity index (χ0v) is 11.8. The van der Waals surface area contributed by atoms with Crippen LogP contribution in [0.3, 0.4) is 0 Å². The van der Waals surface area contributed by atoms with Gasteiger partial charge in [0.15, 0.2) is 0 Å². The molecule has 4 heteroatoms. The number of hydrogen-bond donors (Lipinski definition) is 0. The highest BCUT2D eigenvalue weighted by Gasteiger charge is 2.07. The van der Waals surface area contributed by atoms with Crippen molar-refractivity contribution in [2.24, 2.45) is 0 Å². The molecular weight excluding hydrogens is 271 g/mol. The van der Waals surface area contributed by atoms with Gasteiger partial charge in [0, 0.05) is 5.75 Å². The third-order valence-electron chi connectivity index (χ3n) is 3.02. The minimum absolute atomic E-state index is 0.175. The molecule has 0 saturated heterocycles. The van der Waals surface area contributed by atoms with E-state index in [0.29, 0.717) is 11.3 Å². The summed E-state index contributed by atoms with van der Waals surface area (Å²) in [7, 11) is 0. The minimum Gasteiger partial charge on any atom is -0.249 e. The fourth-order valence-corrected chi connectivity index (χ4v) is 2.91. The van der Waals surface area contributed by atoms with Crippen LogP contribution in [-0.4, -0.2) is 9.97 Å².